The van der Waals surface area contributed by atoms with Gasteiger partial charge in [-0.25, -0.2) is 0 Å². The van der Waals surface area contributed by atoms with Crippen LogP contribution >= 0.6 is 0 Å². The van der Waals surface area contributed by atoms with Crippen LogP contribution in [0.2, 0.25) is 0 Å². The van der Waals surface area contributed by atoms with Crippen LogP contribution in [0.1, 0.15) is 6.92 Å². The van der Waals surface area contributed by atoms with E-state index in [4.69, 9.17) is 0 Å². The summed E-state index contributed by atoms with van der Waals surface area (Å²) in [5.74, 6) is 0. The minimum Gasteiger partial charge on any atom is -0.369 e. The molecule has 0 atom stereocenters. The van der Waals surface area contributed by atoms with Crippen LogP contribution in [-0.4, -0.2) is 37.6 Å². The zero-order valence-corrected chi connectivity index (χ0v) is 9.97. The van der Waals surface area contributed by atoms with E-state index in [9.17, 15) is 0 Å². The van der Waals surface area contributed by atoms with E-state index in [0.29, 0.717) is 0 Å². The quantitative estimate of drug-likeness (QED) is 0.716. The van der Waals surface area contributed by atoms with Crippen molar-refractivity contribution < 1.29 is 0 Å². The highest BCUT2D eigenvalue weighted by molar-refractivity contribution is 5.46. The molecule has 1 saturated heterocycles. The molecule has 1 heterocycles. The van der Waals surface area contributed by atoms with E-state index in [2.05, 4.69) is 59.2 Å². The van der Waals surface area contributed by atoms with Crippen LogP contribution in [0.15, 0.2) is 42.5 Å². The number of piperazine rings is 1. The van der Waals surface area contributed by atoms with Crippen LogP contribution in [0.3, 0.4) is 0 Å². The fourth-order valence-corrected chi connectivity index (χ4v) is 2.08. The Morgan fingerprint density at radius 2 is 1.75 bits per heavy atom. The summed E-state index contributed by atoms with van der Waals surface area (Å²) in [5, 5.41) is 0. The smallest absolute Gasteiger partial charge is 0.0367 e. The highest BCUT2D eigenvalue weighted by atomic mass is 15.3. The summed E-state index contributed by atoms with van der Waals surface area (Å²) in [6.45, 7) is 7.79. The number of rotatable bonds is 3. The Balaban J connectivity index is 1.86. The van der Waals surface area contributed by atoms with Gasteiger partial charge in [0.05, 0.1) is 0 Å². The van der Waals surface area contributed by atoms with Crippen molar-refractivity contribution in [3.05, 3.63) is 42.5 Å². The predicted octanol–water partition coefficient (Wildman–Crippen LogP) is 2.38. The molecule has 2 rings (SSSR count). The number of hydrogen-bond acceptors (Lipinski definition) is 2. The Labute approximate surface area is 98.2 Å². The second kappa shape index (κ2) is 5.71. The van der Waals surface area contributed by atoms with Crippen molar-refractivity contribution in [3.8, 4) is 0 Å². The summed E-state index contributed by atoms with van der Waals surface area (Å²) in [6, 6.07) is 10.7. The molecule has 1 fully saturated rings. The molecule has 0 unspecified atom stereocenters. The molecule has 0 saturated carbocycles. The van der Waals surface area contributed by atoms with Gasteiger partial charge in [-0.2, -0.15) is 0 Å². The summed E-state index contributed by atoms with van der Waals surface area (Å²) in [6.07, 6.45) is 4.36. The normalized spacial score (nSPS) is 18.2. The molecule has 1 aromatic carbocycles. The number of para-hydroxylation sites is 1. The number of benzene rings is 1. The van der Waals surface area contributed by atoms with E-state index >= 15 is 0 Å². The van der Waals surface area contributed by atoms with Gasteiger partial charge in [0.1, 0.15) is 0 Å². The maximum Gasteiger partial charge on any atom is 0.0367 e. The Kier molecular flexibility index (Phi) is 4.00. The van der Waals surface area contributed by atoms with Gasteiger partial charge in [-0.15, -0.1) is 0 Å². The van der Waals surface area contributed by atoms with Crippen molar-refractivity contribution in [3.63, 3.8) is 0 Å². The van der Waals surface area contributed by atoms with E-state index in [1.807, 2.05) is 0 Å². The summed E-state index contributed by atoms with van der Waals surface area (Å²) in [7, 11) is 0. The second-order valence-electron chi connectivity index (χ2n) is 4.19. The van der Waals surface area contributed by atoms with Gasteiger partial charge >= 0.3 is 0 Å². The fraction of sp³-hybridized carbons (Fsp3) is 0.429. The fourth-order valence-electron chi connectivity index (χ4n) is 2.08. The molecule has 16 heavy (non-hydrogen) atoms. The van der Waals surface area contributed by atoms with Crippen LogP contribution in [0, 0.1) is 0 Å². The van der Waals surface area contributed by atoms with Gasteiger partial charge < -0.3 is 4.90 Å². The minimum atomic E-state index is 1.10. The maximum absolute atomic E-state index is 2.50. The van der Waals surface area contributed by atoms with Gasteiger partial charge in [-0.3, -0.25) is 4.90 Å². The third kappa shape index (κ3) is 2.86. The van der Waals surface area contributed by atoms with E-state index in [1.165, 1.54) is 18.8 Å². The van der Waals surface area contributed by atoms with E-state index in [1.54, 1.807) is 0 Å². The first-order valence-corrected chi connectivity index (χ1v) is 6.03. The molecule has 1 aromatic rings. The summed E-state index contributed by atoms with van der Waals surface area (Å²) in [5.41, 5.74) is 1.35. The van der Waals surface area contributed by atoms with Crippen LogP contribution in [0.4, 0.5) is 5.69 Å². The average Bonchev–Trinajstić information content (AvgIpc) is 2.38. The van der Waals surface area contributed by atoms with Crippen molar-refractivity contribution in [2.45, 2.75) is 6.92 Å². The van der Waals surface area contributed by atoms with Gasteiger partial charge in [0.15, 0.2) is 0 Å². The molecule has 0 aliphatic carbocycles. The minimum absolute atomic E-state index is 1.10. The second-order valence-corrected chi connectivity index (χ2v) is 4.19. The zero-order chi connectivity index (χ0) is 11.2. The number of allylic oxidation sites excluding steroid dienone is 1. The van der Waals surface area contributed by atoms with Crippen molar-refractivity contribution in [2.75, 3.05) is 37.6 Å². The van der Waals surface area contributed by atoms with Gasteiger partial charge in [-0.1, -0.05) is 30.4 Å². The zero-order valence-electron chi connectivity index (χ0n) is 9.97. The number of hydrogen-bond donors (Lipinski definition) is 0. The third-order valence-corrected chi connectivity index (χ3v) is 3.09. The lowest BCUT2D eigenvalue weighted by atomic mass is 10.2. The molecule has 1 aliphatic rings. The Bertz CT molecular complexity index is 324. The molecule has 86 valence electrons. The third-order valence-electron chi connectivity index (χ3n) is 3.09. The van der Waals surface area contributed by atoms with Gasteiger partial charge in [0, 0.05) is 38.4 Å². The van der Waals surface area contributed by atoms with E-state index in [0.717, 1.165) is 19.6 Å². The van der Waals surface area contributed by atoms with Crippen molar-refractivity contribution in [1.82, 2.24) is 4.90 Å². The van der Waals surface area contributed by atoms with Crippen molar-refractivity contribution in [2.24, 2.45) is 0 Å². The molecule has 0 spiro atoms. The average molecular weight is 216 g/mol. The molecule has 0 aromatic heterocycles. The highest BCUT2D eigenvalue weighted by Crippen LogP contribution is 2.15. The van der Waals surface area contributed by atoms with Crippen molar-refractivity contribution in [1.29, 1.82) is 0 Å². The molecule has 0 N–H and O–H groups in total. The topological polar surface area (TPSA) is 6.48 Å². The Morgan fingerprint density at radius 1 is 1.06 bits per heavy atom. The molecule has 2 heteroatoms. The van der Waals surface area contributed by atoms with Crippen LogP contribution in [0.25, 0.3) is 0 Å². The summed E-state index contributed by atoms with van der Waals surface area (Å²) >= 11 is 0. The van der Waals surface area contributed by atoms with Crippen LogP contribution in [0.5, 0.6) is 0 Å². The highest BCUT2D eigenvalue weighted by Gasteiger charge is 2.15. The lowest BCUT2D eigenvalue weighted by Gasteiger charge is -2.35. The van der Waals surface area contributed by atoms with Gasteiger partial charge in [0.25, 0.3) is 0 Å². The van der Waals surface area contributed by atoms with Gasteiger partial charge in [-0.05, 0) is 19.1 Å². The standard InChI is InChI=1S/C14H20N2/c1-2-3-9-15-10-12-16(13-11-15)14-7-5-4-6-8-14/h2-8H,9-13H2,1H3/b3-2+. The first-order chi connectivity index (χ1) is 7.90. The first kappa shape index (κ1) is 11.2. The maximum atomic E-state index is 2.50. The molecular formula is C14H20N2. The van der Waals surface area contributed by atoms with E-state index < -0.39 is 0 Å². The lowest BCUT2D eigenvalue weighted by Crippen LogP contribution is -2.46. The molecule has 2 nitrogen and oxygen atoms in total. The lowest BCUT2D eigenvalue weighted by molar-refractivity contribution is 0.284. The SMILES string of the molecule is C/C=C/CN1CCN(c2ccccc2)CC1. The molecule has 0 amide bonds. The summed E-state index contributed by atoms with van der Waals surface area (Å²) in [4.78, 5) is 4.96. The van der Waals surface area contributed by atoms with Crippen molar-refractivity contribution >= 4 is 5.69 Å². The molecule has 0 bridgehead atoms. The monoisotopic (exact) mass is 216 g/mol. The molecule has 1 aliphatic heterocycles. The van der Waals surface area contributed by atoms with Gasteiger partial charge in [0.2, 0.25) is 0 Å². The predicted molar refractivity (Wildman–Crippen MR) is 69.9 cm³/mol. The molecule has 0 radical (unpaired) electrons. The number of nitrogens with zero attached hydrogens (tertiary/aromatic N) is 2. The Morgan fingerprint density at radius 3 is 2.38 bits per heavy atom. The Hall–Kier alpha value is -1.28. The van der Waals surface area contributed by atoms with E-state index in [-0.39, 0.29) is 0 Å². The number of anilines is 1. The summed E-state index contributed by atoms with van der Waals surface area (Å²) < 4.78 is 0. The largest absolute Gasteiger partial charge is 0.369 e. The first-order valence-electron chi connectivity index (χ1n) is 6.03. The van der Waals surface area contributed by atoms with Crippen LogP contribution in [-0.2, 0) is 0 Å². The molecular weight excluding hydrogens is 196 g/mol. The van der Waals surface area contributed by atoms with Crippen LogP contribution < -0.4 is 4.90 Å².